The molecule has 2 N–H and O–H groups in total. The smallest absolute Gasteiger partial charge is 0.391 e. The molecule has 5 rings (SSSR count). The molecule has 1 aliphatic carbocycles. The van der Waals surface area contributed by atoms with Gasteiger partial charge in [0.1, 0.15) is 11.5 Å². The lowest BCUT2D eigenvalue weighted by Gasteiger charge is -2.33. The van der Waals surface area contributed by atoms with Crippen LogP contribution in [0.4, 0.5) is 19.1 Å². The number of piperidine rings is 1. The first-order chi connectivity index (χ1) is 17.1. The molecule has 2 fully saturated rings. The van der Waals surface area contributed by atoms with Gasteiger partial charge < -0.3 is 15.3 Å². The summed E-state index contributed by atoms with van der Waals surface area (Å²) in [5, 5.41) is 13.5. The van der Waals surface area contributed by atoms with Crippen molar-refractivity contribution < 1.29 is 23.1 Å². The van der Waals surface area contributed by atoms with Crippen LogP contribution in [0, 0.1) is 12.8 Å². The fraction of sp³-hybridized carbons (Fsp3) is 0.480. The van der Waals surface area contributed by atoms with Gasteiger partial charge in [-0.05, 0) is 68.9 Å². The Balaban J connectivity index is 1.44. The number of aryl methyl sites for hydroxylation is 1. The van der Waals surface area contributed by atoms with Crippen molar-refractivity contribution in [2.24, 2.45) is 5.92 Å². The molecule has 1 aliphatic heterocycles. The van der Waals surface area contributed by atoms with Gasteiger partial charge in [0.2, 0.25) is 11.9 Å². The van der Waals surface area contributed by atoms with E-state index in [9.17, 15) is 23.1 Å². The van der Waals surface area contributed by atoms with E-state index in [0.29, 0.717) is 54.4 Å². The first kappa shape index (κ1) is 24.8. The van der Waals surface area contributed by atoms with Crippen molar-refractivity contribution >= 4 is 34.5 Å². The van der Waals surface area contributed by atoms with Crippen LogP contribution in [0.5, 0.6) is 0 Å². The Morgan fingerprint density at radius 2 is 1.89 bits per heavy atom. The van der Waals surface area contributed by atoms with Crippen LogP contribution in [0.3, 0.4) is 0 Å². The van der Waals surface area contributed by atoms with Crippen molar-refractivity contribution in [2.45, 2.75) is 57.3 Å². The standard InChI is InChI=1S/C25H27ClF3N5O2/c1-14-12-18-19(13-16(14)26)34(22-7-3-6-21(32-22)25(27,28)29)24(31-18)33-10-8-15(9-11-33)23(36)30-17-4-2-5-20(17)35/h3,6-7,12-13,15,17,20,35H,2,4-5,8-11H2,1H3,(H,30,36). The van der Waals surface area contributed by atoms with Gasteiger partial charge in [-0.2, -0.15) is 13.2 Å². The van der Waals surface area contributed by atoms with Crippen molar-refractivity contribution in [2.75, 3.05) is 18.0 Å². The number of carbonyl (C=O) groups is 1. The molecule has 0 radical (unpaired) electrons. The zero-order valence-corrected chi connectivity index (χ0v) is 20.5. The summed E-state index contributed by atoms with van der Waals surface area (Å²) in [5.74, 6) is 0.298. The average Bonchev–Trinajstić information content (AvgIpc) is 3.42. The Morgan fingerprint density at radius 1 is 1.14 bits per heavy atom. The summed E-state index contributed by atoms with van der Waals surface area (Å²) in [6.07, 6.45) is -1.58. The van der Waals surface area contributed by atoms with Gasteiger partial charge in [0.05, 0.1) is 23.2 Å². The lowest BCUT2D eigenvalue weighted by molar-refractivity contribution is -0.141. The second-order valence-electron chi connectivity index (χ2n) is 9.59. The number of benzene rings is 1. The van der Waals surface area contributed by atoms with E-state index in [0.717, 1.165) is 24.5 Å². The molecular formula is C25H27ClF3N5O2. The number of aliphatic hydroxyl groups is 1. The van der Waals surface area contributed by atoms with Crippen molar-refractivity contribution in [3.8, 4) is 5.82 Å². The SMILES string of the molecule is Cc1cc2nc(N3CCC(C(=O)NC4CCCC4O)CC3)n(-c3cccc(C(F)(F)F)n3)c2cc1Cl. The minimum Gasteiger partial charge on any atom is -0.391 e. The van der Waals surface area contributed by atoms with Crippen LogP contribution in [0.2, 0.25) is 5.02 Å². The number of nitrogens with one attached hydrogen (secondary N) is 1. The number of alkyl halides is 3. The number of nitrogens with zero attached hydrogens (tertiary/aromatic N) is 4. The molecule has 3 heterocycles. The van der Waals surface area contributed by atoms with E-state index < -0.39 is 18.0 Å². The number of anilines is 1. The molecule has 2 aliphatic rings. The van der Waals surface area contributed by atoms with Gasteiger partial charge in [-0.1, -0.05) is 17.7 Å². The van der Waals surface area contributed by atoms with Crippen molar-refractivity contribution in [3.63, 3.8) is 0 Å². The third-order valence-corrected chi connectivity index (χ3v) is 7.53. The number of halogens is 4. The van der Waals surface area contributed by atoms with Gasteiger partial charge in [0.25, 0.3) is 0 Å². The minimum atomic E-state index is -4.58. The van der Waals surface area contributed by atoms with E-state index in [-0.39, 0.29) is 23.7 Å². The van der Waals surface area contributed by atoms with E-state index >= 15 is 0 Å². The quantitative estimate of drug-likeness (QED) is 0.522. The molecule has 7 nitrogen and oxygen atoms in total. The first-order valence-electron chi connectivity index (χ1n) is 12.1. The van der Waals surface area contributed by atoms with E-state index in [4.69, 9.17) is 16.6 Å². The van der Waals surface area contributed by atoms with E-state index in [1.807, 2.05) is 11.8 Å². The molecule has 192 valence electrons. The van der Waals surface area contributed by atoms with Gasteiger partial charge in [-0.3, -0.25) is 9.36 Å². The summed E-state index contributed by atoms with van der Waals surface area (Å²) in [6.45, 7) is 2.84. The minimum absolute atomic E-state index is 0.0592. The third-order valence-electron chi connectivity index (χ3n) is 7.13. The largest absolute Gasteiger partial charge is 0.433 e. The second kappa shape index (κ2) is 9.55. The maximum absolute atomic E-state index is 13.4. The molecule has 0 spiro atoms. The number of carbonyl (C=O) groups excluding carboxylic acids is 1. The molecule has 2 aromatic heterocycles. The number of imidazole rings is 1. The van der Waals surface area contributed by atoms with Crippen molar-refractivity contribution in [3.05, 3.63) is 46.6 Å². The van der Waals surface area contributed by atoms with E-state index in [2.05, 4.69) is 10.3 Å². The van der Waals surface area contributed by atoms with E-state index in [1.165, 1.54) is 12.1 Å². The lowest BCUT2D eigenvalue weighted by atomic mass is 9.95. The van der Waals surface area contributed by atoms with Crippen molar-refractivity contribution in [1.29, 1.82) is 0 Å². The summed E-state index contributed by atoms with van der Waals surface area (Å²) >= 11 is 6.36. The van der Waals surface area contributed by atoms with Crippen LogP contribution in [-0.4, -0.2) is 50.8 Å². The Bertz CT molecular complexity index is 1290. The van der Waals surface area contributed by atoms with Crippen LogP contribution >= 0.6 is 11.6 Å². The van der Waals surface area contributed by atoms with E-state index in [1.54, 1.807) is 16.7 Å². The number of rotatable bonds is 4. The molecule has 3 aromatic rings. The summed E-state index contributed by atoms with van der Waals surface area (Å²) in [7, 11) is 0. The van der Waals surface area contributed by atoms with Crippen LogP contribution in [0.1, 0.15) is 43.4 Å². The van der Waals surface area contributed by atoms with Gasteiger partial charge in [0.15, 0.2) is 0 Å². The summed E-state index contributed by atoms with van der Waals surface area (Å²) in [6, 6.07) is 7.08. The molecule has 2 unspecified atom stereocenters. The summed E-state index contributed by atoms with van der Waals surface area (Å²) < 4.78 is 41.8. The predicted octanol–water partition coefficient (Wildman–Crippen LogP) is 4.65. The number of amides is 1. The van der Waals surface area contributed by atoms with Crippen LogP contribution in [0.25, 0.3) is 16.9 Å². The van der Waals surface area contributed by atoms with Gasteiger partial charge in [0, 0.05) is 24.0 Å². The number of pyridine rings is 1. The second-order valence-corrected chi connectivity index (χ2v) is 10.00. The molecular weight excluding hydrogens is 495 g/mol. The molecule has 0 bridgehead atoms. The third kappa shape index (κ3) is 4.76. The number of aromatic nitrogens is 3. The first-order valence-corrected chi connectivity index (χ1v) is 12.5. The van der Waals surface area contributed by atoms with Crippen molar-refractivity contribution in [1.82, 2.24) is 19.9 Å². The molecule has 1 aromatic carbocycles. The highest BCUT2D eigenvalue weighted by atomic mass is 35.5. The monoisotopic (exact) mass is 521 g/mol. The number of hydrogen-bond acceptors (Lipinski definition) is 5. The Labute approximate surface area is 211 Å². The fourth-order valence-electron chi connectivity index (χ4n) is 5.08. The molecule has 1 saturated carbocycles. The zero-order valence-electron chi connectivity index (χ0n) is 19.7. The Hall–Kier alpha value is -2.85. The van der Waals surface area contributed by atoms with Gasteiger partial charge in [-0.15, -0.1) is 0 Å². The molecule has 1 amide bonds. The molecule has 1 saturated heterocycles. The van der Waals surface area contributed by atoms with Crippen LogP contribution in [-0.2, 0) is 11.0 Å². The number of aliphatic hydroxyl groups excluding tert-OH is 1. The Morgan fingerprint density at radius 3 is 2.56 bits per heavy atom. The van der Waals surface area contributed by atoms with Gasteiger partial charge >= 0.3 is 6.18 Å². The highest BCUT2D eigenvalue weighted by molar-refractivity contribution is 6.32. The fourth-order valence-corrected chi connectivity index (χ4v) is 5.24. The number of fused-ring (bicyclic) bond motifs is 1. The average molecular weight is 522 g/mol. The summed E-state index contributed by atoms with van der Waals surface area (Å²) in [5.41, 5.74) is 0.973. The lowest BCUT2D eigenvalue weighted by Crippen LogP contribution is -2.46. The topological polar surface area (TPSA) is 83.3 Å². The van der Waals surface area contributed by atoms with Gasteiger partial charge in [-0.25, -0.2) is 9.97 Å². The maximum atomic E-state index is 13.4. The van der Waals surface area contributed by atoms with Crippen LogP contribution in [0.15, 0.2) is 30.3 Å². The summed E-state index contributed by atoms with van der Waals surface area (Å²) in [4.78, 5) is 23.4. The molecule has 36 heavy (non-hydrogen) atoms. The maximum Gasteiger partial charge on any atom is 0.433 e. The highest BCUT2D eigenvalue weighted by Crippen LogP contribution is 2.34. The zero-order chi connectivity index (χ0) is 25.6. The number of hydrogen-bond donors (Lipinski definition) is 2. The predicted molar refractivity (Wildman–Crippen MR) is 130 cm³/mol. The molecule has 11 heteroatoms. The normalized spacial score (nSPS) is 21.3. The highest BCUT2D eigenvalue weighted by Gasteiger charge is 2.34. The Kier molecular flexibility index (Phi) is 6.59. The molecule has 2 atom stereocenters. The van der Waals surface area contributed by atoms with Crippen LogP contribution < -0.4 is 10.2 Å².